The molecule has 4 nitrogen and oxygen atoms in total. The number of nitrogens with zero attached hydrogens (tertiary/aromatic N) is 3. The maximum atomic E-state index is 4.14. The molecule has 0 atom stereocenters. The van der Waals surface area contributed by atoms with Gasteiger partial charge in [0.15, 0.2) is 0 Å². The molecule has 0 bridgehead atoms. The van der Waals surface area contributed by atoms with Crippen molar-refractivity contribution in [1.82, 2.24) is 20.1 Å². The van der Waals surface area contributed by atoms with Gasteiger partial charge >= 0.3 is 0 Å². The molecule has 1 aromatic heterocycles. The Labute approximate surface area is 136 Å². The highest BCUT2D eigenvalue weighted by atomic mass is 15.3. The minimum atomic E-state index is 0.558. The lowest BCUT2D eigenvalue weighted by Crippen LogP contribution is -2.28. The van der Waals surface area contributed by atoms with Crippen LogP contribution in [-0.2, 0) is 25.9 Å². The Morgan fingerprint density at radius 3 is 2.30 bits per heavy atom. The van der Waals surface area contributed by atoms with E-state index in [0.29, 0.717) is 6.04 Å². The van der Waals surface area contributed by atoms with Crippen molar-refractivity contribution in [3.63, 3.8) is 0 Å². The number of aromatic nitrogens is 3. The zero-order valence-corrected chi connectivity index (χ0v) is 13.0. The van der Waals surface area contributed by atoms with Crippen LogP contribution in [-0.4, -0.2) is 20.8 Å². The zero-order valence-electron chi connectivity index (χ0n) is 13.0. The Balaban J connectivity index is 1.32. The van der Waals surface area contributed by atoms with Gasteiger partial charge in [-0.15, -0.1) is 0 Å². The molecule has 1 aliphatic carbocycles. The smallest absolute Gasteiger partial charge is 0.137 e. The van der Waals surface area contributed by atoms with E-state index in [1.54, 1.807) is 12.7 Å². The Kier molecular flexibility index (Phi) is 3.90. The summed E-state index contributed by atoms with van der Waals surface area (Å²) >= 11 is 0. The minimum Gasteiger partial charge on any atom is -0.309 e. The van der Waals surface area contributed by atoms with Crippen LogP contribution in [0, 0.1) is 0 Å². The summed E-state index contributed by atoms with van der Waals surface area (Å²) < 4.78 is 1.84. The van der Waals surface area contributed by atoms with Gasteiger partial charge in [-0.3, -0.25) is 0 Å². The van der Waals surface area contributed by atoms with E-state index in [4.69, 9.17) is 0 Å². The zero-order chi connectivity index (χ0) is 15.5. The van der Waals surface area contributed by atoms with Crippen molar-refractivity contribution in [2.24, 2.45) is 0 Å². The van der Waals surface area contributed by atoms with Crippen LogP contribution in [0.1, 0.15) is 22.3 Å². The molecule has 0 saturated carbocycles. The van der Waals surface area contributed by atoms with Crippen LogP contribution in [0.25, 0.3) is 0 Å². The van der Waals surface area contributed by atoms with Gasteiger partial charge < -0.3 is 5.32 Å². The third-order valence-electron chi connectivity index (χ3n) is 4.48. The molecule has 4 heteroatoms. The first kappa shape index (κ1) is 14.2. The normalized spacial score (nSPS) is 14.1. The third-order valence-corrected chi connectivity index (χ3v) is 4.48. The fourth-order valence-corrected chi connectivity index (χ4v) is 3.23. The Morgan fingerprint density at radius 1 is 0.957 bits per heavy atom. The van der Waals surface area contributed by atoms with E-state index in [1.165, 1.54) is 22.3 Å². The van der Waals surface area contributed by atoms with Crippen LogP contribution in [0.3, 0.4) is 0 Å². The highest BCUT2D eigenvalue weighted by Crippen LogP contribution is 2.21. The maximum Gasteiger partial charge on any atom is 0.137 e. The molecule has 2 aromatic carbocycles. The molecule has 3 aromatic rings. The summed E-state index contributed by atoms with van der Waals surface area (Å²) in [5, 5.41) is 7.82. The second kappa shape index (κ2) is 6.34. The quantitative estimate of drug-likeness (QED) is 0.788. The number of fused-ring (bicyclic) bond motifs is 1. The average Bonchev–Trinajstić information content (AvgIpc) is 3.23. The van der Waals surface area contributed by atoms with Gasteiger partial charge in [-0.05, 0) is 35.1 Å². The van der Waals surface area contributed by atoms with Gasteiger partial charge in [-0.25, -0.2) is 9.67 Å². The predicted molar refractivity (Wildman–Crippen MR) is 90.0 cm³/mol. The monoisotopic (exact) mass is 304 g/mol. The molecule has 1 heterocycles. The van der Waals surface area contributed by atoms with Crippen LogP contribution >= 0.6 is 0 Å². The van der Waals surface area contributed by atoms with E-state index in [1.807, 2.05) is 4.68 Å². The summed E-state index contributed by atoms with van der Waals surface area (Å²) in [5.74, 6) is 0. The van der Waals surface area contributed by atoms with E-state index in [9.17, 15) is 0 Å². The van der Waals surface area contributed by atoms with Crippen molar-refractivity contribution >= 4 is 0 Å². The molecular weight excluding hydrogens is 284 g/mol. The van der Waals surface area contributed by atoms with Gasteiger partial charge in [0.05, 0.1) is 6.54 Å². The SMILES string of the molecule is c1ccc2c(c1)CC(NCc1ccc(Cn3cncn3)cc1)C2. The largest absolute Gasteiger partial charge is 0.309 e. The first-order chi connectivity index (χ1) is 11.4. The van der Waals surface area contributed by atoms with Crippen LogP contribution < -0.4 is 5.32 Å². The fourth-order valence-electron chi connectivity index (χ4n) is 3.23. The molecule has 0 radical (unpaired) electrons. The highest BCUT2D eigenvalue weighted by molar-refractivity contribution is 5.33. The van der Waals surface area contributed by atoms with Crippen LogP contribution in [0.5, 0.6) is 0 Å². The lowest BCUT2D eigenvalue weighted by molar-refractivity contribution is 0.533. The van der Waals surface area contributed by atoms with Crippen LogP contribution in [0.15, 0.2) is 61.2 Å². The summed E-state index contributed by atoms with van der Waals surface area (Å²) in [4.78, 5) is 3.97. The van der Waals surface area contributed by atoms with Gasteiger partial charge in [0, 0.05) is 12.6 Å². The molecule has 0 amide bonds. The summed E-state index contributed by atoms with van der Waals surface area (Å²) in [6, 6.07) is 18.0. The molecule has 0 aliphatic heterocycles. The van der Waals surface area contributed by atoms with Crippen molar-refractivity contribution in [3.8, 4) is 0 Å². The summed E-state index contributed by atoms with van der Waals surface area (Å²) in [6.07, 6.45) is 5.59. The lowest BCUT2D eigenvalue weighted by Gasteiger charge is -2.12. The first-order valence-corrected chi connectivity index (χ1v) is 8.07. The van der Waals surface area contributed by atoms with E-state index in [-0.39, 0.29) is 0 Å². The first-order valence-electron chi connectivity index (χ1n) is 8.07. The highest BCUT2D eigenvalue weighted by Gasteiger charge is 2.19. The molecule has 1 aliphatic rings. The molecule has 1 N–H and O–H groups in total. The molecule has 0 saturated heterocycles. The van der Waals surface area contributed by atoms with Crippen LogP contribution in [0.2, 0.25) is 0 Å². The Bertz CT molecular complexity index is 737. The van der Waals surface area contributed by atoms with Crippen LogP contribution in [0.4, 0.5) is 0 Å². The van der Waals surface area contributed by atoms with Gasteiger partial charge in [0.25, 0.3) is 0 Å². The topological polar surface area (TPSA) is 42.7 Å². The number of benzene rings is 2. The van der Waals surface area contributed by atoms with E-state index in [0.717, 1.165) is 25.9 Å². The Hall–Kier alpha value is -2.46. The number of nitrogens with one attached hydrogen (secondary N) is 1. The van der Waals surface area contributed by atoms with E-state index in [2.05, 4.69) is 63.9 Å². The van der Waals surface area contributed by atoms with E-state index >= 15 is 0 Å². The molecule has 23 heavy (non-hydrogen) atoms. The van der Waals surface area contributed by atoms with Crippen molar-refractivity contribution in [1.29, 1.82) is 0 Å². The minimum absolute atomic E-state index is 0.558. The average molecular weight is 304 g/mol. The molecular formula is C19H20N4. The lowest BCUT2D eigenvalue weighted by atomic mass is 10.1. The second-order valence-corrected chi connectivity index (χ2v) is 6.16. The standard InChI is InChI=1S/C19H20N4/c1-2-4-18-10-19(9-17(18)3-1)21-11-15-5-7-16(8-6-15)12-23-14-20-13-22-23/h1-8,13-14,19,21H,9-12H2. The van der Waals surface area contributed by atoms with Crippen molar-refractivity contribution in [3.05, 3.63) is 83.4 Å². The predicted octanol–water partition coefficient (Wildman–Crippen LogP) is 2.58. The Morgan fingerprint density at radius 2 is 1.65 bits per heavy atom. The summed E-state index contributed by atoms with van der Waals surface area (Å²) in [7, 11) is 0. The number of hydrogen-bond acceptors (Lipinski definition) is 3. The van der Waals surface area contributed by atoms with Crippen molar-refractivity contribution in [2.45, 2.75) is 32.0 Å². The molecule has 0 fully saturated rings. The van der Waals surface area contributed by atoms with Gasteiger partial charge in [0.1, 0.15) is 12.7 Å². The molecule has 4 rings (SSSR count). The van der Waals surface area contributed by atoms with Crippen molar-refractivity contribution < 1.29 is 0 Å². The molecule has 0 spiro atoms. The second-order valence-electron chi connectivity index (χ2n) is 6.16. The summed E-state index contributed by atoms with van der Waals surface area (Å²) in [5.41, 5.74) is 5.55. The molecule has 0 unspecified atom stereocenters. The number of rotatable bonds is 5. The van der Waals surface area contributed by atoms with Crippen molar-refractivity contribution in [2.75, 3.05) is 0 Å². The fraction of sp³-hybridized carbons (Fsp3) is 0.263. The van der Waals surface area contributed by atoms with Gasteiger partial charge in [-0.2, -0.15) is 5.10 Å². The third kappa shape index (κ3) is 3.32. The summed E-state index contributed by atoms with van der Waals surface area (Å²) in [6.45, 7) is 1.69. The number of hydrogen-bond donors (Lipinski definition) is 1. The maximum absolute atomic E-state index is 4.14. The van der Waals surface area contributed by atoms with Gasteiger partial charge in [-0.1, -0.05) is 48.5 Å². The van der Waals surface area contributed by atoms with E-state index < -0.39 is 0 Å². The van der Waals surface area contributed by atoms with Gasteiger partial charge in [0.2, 0.25) is 0 Å². The molecule has 116 valence electrons.